The molecule has 0 radical (unpaired) electrons. The number of dihydropyridines is 1. The van der Waals surface area contributed by atoms with Crippen molar-refractivity contribution in [3.63, 3.8) is 0 Å². The van der Waals surface area contributed by atoms with Crippen LogP contribution in [0.2, 0.25) is 0 Å². The number of alkyl halides is 3. The standard InChI is InChI=1S/C16H13F3N2O6/c1-7-10(15(24)27-2)11(8-4-3-5-9(6-8)21(25)26)12(14(22)23)13(20-7)16(17,18)19/h3-6,11,20H,1-2H3,(H,22,23). The molecular weight excluding hydrogens is 373 g/mol. The normalized spacial score (nSPS) is 17.4. The number of nitro groups is 1. The number of carboxylic acid groups (broad SMARTS) is 1. The topological polar surface area (TPSA) is 119 Å². The summed E-state index contributed by atoms with van der Waals surface area (Å²) in [5.74, 6) is -4.70. The monoisotopic (exact) mass is 386 g/mol. The molecule has 0 amide bonds. The average molecular weight is 386 g/mol. The van der Waals surface area contributed by atoms with E-state index in [2.05, 4.69) is 4.74 Å². The van der Waals surface area contributed by atoms with Gasteiger partial charge in [-0.25, -0.2) is 9.59 Å². The van der Waals surface area contributed by atoms with E-state index in [9.17, 15) is 38.0 Å². The van der Waals surface area contributed by atoms with Crippen molar-refractivity contribution in [2.75, 3.05) is 7.11 Å². The molecular formula is C16H13F3N2O6. The Kier molecular flexibility index (Phi) is 5.24. The zero-order valence-corrected chi connectivity index (χ0v) is 14.0. The molecule has 0 saturated carbocycles. The van der Waals surface area contributed by atoms with Gasteiger partial charge < -0.3 is 15.2 Å². The maximum absolute atomic E-state index is 13.4. The molecule has 2 N–H and O–H groups in total. The van der Waals surface area contributed by atoms with Gasteiger partial charge in [-0.1, -0.05) is 12.1 Å². The van der Waals surface area contributed by atoms with Gasteiger partial charge in [0.2, 0.25) is 0 Å². The molecule has 1 unspecified atom stereocenters. The Morgan fingerprint density at radius 3 is 2.41 bits per heavy atom. The van der Waals surface area contributed by atoms with Crippen LogP contribution in [-0.4, -0.2) is 35.3 Å². The summed E-state index contributed by atoms with van der Waals surface area (Å²) in [6, 6.07) is 4.40. The molecule has 1 aliphatic rings. The zero-order valence-electron chi connectivity index (χ0n) is 14.0. The van der Waals surface area contributed by atoms with Gasteiger partial charge in [0.15, 0.2) is 0 Å². The number of nitrogens with zero attached hydrogens (tertiary/aromatic N) is 1. The van der Waals surface area contributed by atoms with Crippen molar-refractivity contribution in [2.45, 2.75) is 19.0 Å². The number of rotatable bonds is 4. The Labute approximate surface area is 150 Å². The van der Waals surface area contributed by atoms with Crippen LogP contribution in [0.1, 0.15) is 18.4 Å². The van der Waals surface area contributed by atoms with Crippen LogP contribution in [0, 0.1) is 10.1 Å². The molecule has 0 spiro atoms. The molecule has 1 heterocycles. The average Bonchev–Trinajstić information content (AvgIpc) is 2.59. The van der Waals surface area contributed by atoms with E-state index in [1.54, 1.807) is 0 Å². The number of ether oxygens (including phenoxy) is 1. The Balaban J connectivity index is 2.84. The van der Waals surface area contributed by atoms with Gasteiger partial charge in [-0.05, 0) is 12.5 Å². The number of nitrogens with one attached hydrogen (secondary N) is 1. The first kappa shape index (κ1) is 19.9. The number of carbonyl (C=O) groups is 2. The fraction of sp³-hybridized carbons (Fsp3) is 0.250. The third-order valence-corrected chi connectivity index (χ3v) is 3.90. The summed E-state index contributed by atoms with van der Waals surface area (Å²) >= 11 is 0. The summed E-state index contributed by atoms with van der Waals surface area (Å²) in [6.07, 6.45) is -5.06. The quantitative estimate of drug-likeness (QED) is 0.464. The number of hydrogen-bond donors (Lipinski definition) is 2. The molecule has 0 aromatic heterocycles. The Hall–Kier alpha value is -3.37. The second-order valence-electron chi connectivity index (χ2n) is 5.53. The fourth-order valence-electron chi connectivity index (χ4n) is 2.81. The van der Waals surface area contributed by atoms with E-state index in [1.165, 1.54) is 12.1 Å². The van der Waals surface area contributed by atoms with E-state index in [0.29, 0.717) is 0 Å². The van der Waals surface area contributed by atoms with Crippen LogP contribution >= 0.6 is 0 Å². The molecule has 2 rings (SSSR count). The highest BCUT2D eigenvalue weighted by atomic mass is 19.4. The van der Waals surface area contributed by atoms with Gasteiger partial charge >= 0.3 is 18.1 Å². The van der Waals surface area contributed by atoms with E-state index in [-0.39, 0.29) is 16.8 Å². The van der Waals surface area contributed by atoms with Crippen molar-refractivity contribution in [2.24, 2.45) is 0 Å². The highest BCUT2D eigenvalue weighted by Crippen LogP contribution is 2.43. The summed E-state index contributed by atoms with van der Waals surface area (Å²) in [7, 11) is 0.983. The maximum Gasteiger partial charge on any atom is 0.431 e. The lowest BCUT2D eigenvalue weighted by atomic mass is 9.80. The lowest BCUT2D eigenvalue weighted by Gasteiger charge is -2.31. The van der Waals surface area contributed by atoms with Crippen LogP contribution in [0.15, 0.2) is 46.8 Å². The molecule has 1 aromatic rings. The molecule has 11 heteroatoms. The minimum absolute atomic E-state index is 0.162. The van der Waals surface area contributed by atoms with Crippen molar-refractivity contribution in [3.8, 4) is 0 Å². The molecule has 27 heavy (non-hydrogen) atoms. The molecule has 0 aliphatic carbocycles. The van der Waals surface area contributed by atoms with E-state index < -0.39 is 45.9 Å². The summed E-state index contributed by atoms with van der Waals surface area (Å²) in [4.78, 5) is 34.0. The van der Waals surface area contributed by atoms with Crippen LogP contribution in [0.5, 0.6) is 0 Å². The minimum Gasteiger partial charge on any atom is -0.478 e. The molecule has 0 bridgehead atoms. The van der Waals surface area contributed by atoms with Crippen molar-refractivity contribution in [3.05, 3.63) is 62.5 Å². The molecule has 0 saturated heterocycles. The number of carboxylic acids is 1. The number of methoxy groups -OCH3 is 1. The first-order valence-corrected chi connectivity index (χ1v) is 7.34. The summed E-state index contributed by atoms with van der Waals surface area (Å²) < 4.78 is 44.8. The van der Waals surface area contributed by atoms with Gasteiger partial charge in [-0.3, -0.25) is 10.1 Å². The van der Waals surface area contributed by atoms with E-state index in [1.807, 2.05) is 5.32 Å². The maximum atomic E-state index is 13.4. The number of non-ortho nitro benzene ring substituents is 1. The second-order valence-corrected chi connectivity index (χ2v) is 5.53. The highest BCUT2D eigenvalue weighted by Gasteiger charge is 2.47. The predicted octanol–water partition coefficient (Wildman–Crippen LogP) is 2.63. The van der Waals surface area contributed by atoms with Crippen molar-refractivity contribution < 1.29 is 37.5 Å². The number of allylic oxidation sites excluding steroid dienone is 2. The van der Waals surface area contributed by atoms with Crippen LogP contribution in [0.3, 0.4) is 0 Å². The Morgan fingerprint density at radius 1 is 1.30 bits per heavy atom. The second kappa shape index (κ2) is 7.09. The van der Waals surface area contributed by atoms with E-state index in [4.69, 9.17) is 0 Å². The molecule has 8 nitrogen and oxygen atoms in total. The van der Waals surface area contributed by atoms with Crippen molar-refractivity contribution in [1.29, 1.82) is 0 Å². The third kappa shape index (κ3) is 3.76. The van der Waals surface area contributed by atoms with Gasteiger partial charge in [0.25, 0.3) is 5.69 Å². The summed E-state index contributed by atoms with van der Waals surface area (Å²) in [5.41, 5.74) is -4.00. The highest BCUT2D eigenvalue weighted by molar-refractivity contribution is 5.99. The lowest BCUT2D eigenvalue weighted by molar-refractivity contribution is -0.384. The smallest absolute Gasteiger partial charge is 0.431 e. The number of aliphatic carboxylic acids is 1. The first-order chi connectivity index (χ1) is 12.5. The van der Waals surface area contributed by atoms with E-state index in [0.717, 1.165) is 26.2 Å². The number of carbonyl (C=O) groups excluding carboxylic acids is 1. The predicted molar refractivity (Wildman–Crippen MR) is 84.4 cm³/mol. The molecule has 1 aliphatic heterocycles. The number of esters is 1. The lowest BCUT2D eigenvalue weighted by Crippen LogP contribution is -2.38. The first-order valence-electron chi connectivity index (χ1n) is 7.34. The van der Waals surface area contributed by atoms with Gasteiger partial charge in [0, 0.05) is 17.8 Å². The minimum atomic E-state index is -5.06. The molecule has 1 atom stereocenters. The van der Waals surface area contributed by atoms with Crippen LogP contribution < -0.4 is 5.32 Å². The van der Waals surface area contributed by atoms with Gasteiger partial charge in [0.1, 0.15) is 5.70 Å². The number of halogens is 3. The van der Waals surface area contributed by atoms with Crippen LogP contribution in [-0.2, 0) is 14.3 Å². The molecule has 1 aromatic carbocycles. The van der Waals surface area contributed by atoms with Gasteiger partial charge in [-0.2, -0.15) is 13.2 Å². The van der Waals surface area contributed by atoms with Crippen LogP contribution in [0.4, 0.5) is 18.9 Å². The number of hydrogen-bond acceptors (Lipinski definition) is 6. The van der Waals surface area contributed by atoms with Crippen molar-refractivity contribution in [1.82, 2.24) is 5.32 Å². The Morgan fingerprint density at radius 2 is 1.93 bits per heavy atom. The van der Waals surface area contributed by atoms with Gasteiger partial charge in [-0.15, -0.1) is 0 Å². The summed E-state index contributed by atoms with van der Waals surface area (Å²) in [6.45, 7) is 1.15. The third-order valence-electron chi connectivity index (χ3n) is 3.90. The van der Waals surface area contributed by atoms with Crippen molar-refractivity contribution >= 4 is 17.6 Å². The zero-order chi connectivity index (χ0) is 20.5. The van der Waals surface area contributed by atoms with Gasteiger partial charge in [0.05, 0.1) is 29.1 Å². The number of nitro benzene ring substituents is 1. The molecule has 0 fully saturated rings. The largest absolute Gasteiger partial charge is 0.478 e. The number of benzene rings is 1. The SMILES string of the molecule is COC(=O)C1=C(C)NC(C(F)(F)F)=C(C(=O)O)C1c1cccc([N+](=O)[O-])c1. The molecule has 144 valence electrons. The van der Waals surface area contributed by atoms with Crippen LogP contribution in [0.25, 0.3) is 0 Å². The fourth-order valence-corrected chi connectivity index (χ4v) is 2.81. The van der Waals surface area contributed by atoms with E-state index >= 15 is 0 Å². The Bertz CT molecular complexity index is 888. The summed E-state index contributed by atoms with van der Waals surface area (Å²) in [5, 5.41) is 22.3.